The molecule has 0 bridgehead atoms. The Morgan fingerprint density at radius 1 is 0.865 bits per heavy atom. The van der Waals surface area contributed by atoms with Crippen molar-refractivity contribution < 1.29 is 9.90 Å². The predicted octanol–water partition coefficient (Wildman–Crippen LogP) is 5.83. The second-order valence-electron chi connectivity index (χ2n) is 10.2. The number of β-amino-alcohol motifs (C(OH)–C–C–N with tert-alkyl or cyclic N) is 1. The normalized spacial score (nSPS) is 17.9. The van der Waals surface area contributed by atoms with Gasteiger partial charge in [-0.2, -0.15) is 0 Å². The van der Waals surface area contributed by atoms with Gasteiger partial charge in [0.1, 0.15) is 0 Å². The fourth-order valence-electron chi connectivity index (χ4n) is 5.19. The van der Waals surface area contributed by atoms with Crippen molar-refractivity contribution in [2.45, 2.75) is 37.7 Å². The Balaban J connectivity index is 1.23. The van der Waals surface area contributed by atoms with E-state index in [2.05, 4.69) is 65.5 Å². The number of aliphatic hydroxyl groups is 1. The molecule has 1 N–H and O–H groups in total. The van der Waals surface area contributed by atoms with Crippen molar-refractivity contribution in [2.75, 3.05) is 24.5 Å². The lowest BCUT2D eigenvalue weighted by molar-refractivity contribution is -0.136. The van der Waals surface area contributed by atoms with Gasteiger partial charge >= 0.3 is 0 Å². The number of amides is 1. The van der Waals surface area contributed by atoms with Gasteiger partial charge in [-0.25, -0.2) is 0 Å². The number of carbonyl (C=O) groups excluding carboxylic acids is 1. The Kier molecular flexibility index (Phi) is 7.42. The van der Waals surface area contributed by atoms with E-state index in [4.69, 9.17) is 0 Å². The van der Waals surface area contributed by atoms with E-state index in [1.165, 1.54) is 5.56 Å². The average Bonchev–Trinajstić information content (AvgIpc) is 2.94. The van der Waals surface area contributed by atoms with Gasteiger partial charge in [0, 0.05) is 43.8 Å². The number of likely N-dealkylation sites (tertiary alicyclic amines) is 1. The van der Waals surface area contributed by atoms with Gasteiger partial charge in [-0.15, -0.1) is 0 Å². The summed E-state index contributed by atoms with van der Waals surface area (Å²) in [7, 11) is 0. The van der Waals surface area contributed by atoms with Gasteiger partial charge in [0.2, 0.25) is 5.91 Å². The van der Waals surface area contributed by atoms with Crippen molar-refractivity contribution in [3.8, 4) is 0 Å². The summed E-state index contributed by atoms with van der Waals surface area (Å²) < 4.78 is 0. The number of piperidine rings is 1. The third kappa shape index (κ3) is 5.95. The van der Waals surface area contributed by atoms with Gasteiger partial charge in [0.15, 0.2) is 0 Å². The highest BCUT2D eigenvalue weighted by molar-refractivity contribution is 5.82. The molecular weight excluding hydrogens is 458 g/mol. The maximum Gasteiger partial charge on any atom is 0.223 e. The average molecular weight is 494 g/mol. The zero-order valence-corrected chi connectivity index (χ0v) is 21.4. The molecule has 1 amide bonds. The number of nitrogens with zero attached hydrogens (tertiary/aromatic N) is 3. The van der Waals surface area contributed by atoms with Crippen molar-refractivity contribution in [3.63, 3.8) is 0 Å². The van der Waals surface area contributed by atoms with Gasteiger partial charge in [-0.1, -0.05) is 85.8 Å². The highest BCUT2D eigenvalue weighted by Gasteiger charge is 2.35. The topological polar surface area (TPSA) is 47.0 Å². The monoisotopic (exact) mass is 493 g/mol. The molecule has 5 heteroatoms. The molecule has 0 aromatic heterocycles. The summed E-state index contributed by atoms with van der Waals surface area (Å²) in [6, 6.07) is 30.8. The van der Waals surface area contributed by atoms with Gasteiger partial charge in [0.25, 0.3) is 0 Å². The number of rotatable bonds is 7. The fourth-order valence-corrected chi connectivity index (χ4v) is 5.19. The minimum atomic E-state index is -0.848. The third-order valence-corrected chi connectivity index (χ3v) is 7.43. The molecule has 2 aliphatic heterocycles. The smallest absolute Gasteiger partial charge is 0.223 e. The minimum Gasteiger partial charge on any atom is -0.388 e. The summed E-state index contributed by atoms with van der Waals surface area (Å²) in [5.74, 6) is 0.350. The summed E-state index contributed by atoms with van der Waals surface area (Å²) >= 11 is 0. The van der Waals surface area contributed by atoms with Crippen molar-refractivity contribution in [1.29, 1.82) is 0 Å². The molecule has 3 aromatic rings. The molecule has 1 atom stereocenters. The Morgan fingerprint density at radius 2 is 1.46 bits per heavy atom. The second-order valence-corrected chi connectivity index (χ2v) is 10.2. The van der Waals surface area contributed by atoms with E-state index in [9.17, 15) is 9.90 Å². The van der Waals surface area contributed by atoms with Crippen molar-refractivity contribution in [1.82, 2.24) is 9.80 Å². The molecule has 1 saturated heterocycles. The van der Waals surface area contributed by atoms with E-state index in [1.54, 1.807) is 0 Å². The minimum absolute atomic E-state index is 0.168. The molecule has 0 saturated carbocycles. The molecule has 0 spiro atoms. The quantitative estimate of drug-likeness (QED) is 0.450. The lowest BCUT2D eigenvalue weighted by Gasteiger charge is -2.41. The van der Waals surface area contributed by atoms with Gasteiger partial charge in [-0.3, -0.25) is 4.79 Å². The van der Waals surface area contributed by atoms with Crippen LogP contribution in [0.3, 0.4) is 0 Å². The van der Waals surface area contributed by atoms with E-state index < -0.39 is 5.60 Å². The van der Waals surface area contributed by atoms with Crippen LogP contribution in [0.25, 0.3) is 5.70 Å². The Bertz CT molecular complexity index is 1230. The molecule has 5 nitrogen and oxygen atoms in total. The van der Waals surface area contributed by atoms with Crippen LogP contribution < -0.4 is 4.90 Å². The number of carbonyl (C=O) groups is 1. The molecule has 37 heavy (non-hydrogen) atoms. The summed E-state index contributed by atoms with van der Waals surface area (Å²) in [6.45, 7) is 3.76. The Morgan fingerprint density at radius 3 is 2.11 bits per heavy atom. The number of hydrogen-bond acceptors (Lipinski definition) is 4. The maximum absolute atomic E-state index is 13.0. The molecule has 1 fully saturated rings. The lowest BCUT2D eigenvalue weighted by atomic mass is 9.90. The van der Waals surface area contributed by atoms with Crippen LogP contribution in [0.5, 0.6) is 0 Å². The van der Waals surface area contributed by atoms with E-state index >= 15 is 0 Å². The SMILES string of the molecule is C[C@H](CC(=O)N1CCC(O)(CN2C=CN(c3ccccc3)C(c3ccccc3)=C2)CC1)c1ccccc1. The van der Waals surface area contributed by atoms with E-state index in [1.807, 2.05) is 65.7 Å². The Labute approximate surface area is 219 Å². The van der Waals surface area contributed by atoms with Crippen LogP contribution in [0, 0.1) is 0 Å². The molecule has 190 valence electrons. The summed E-state index contributed by atoms with van der Waals surface area (Å²) in [4.78, 5) is 19.1. The first kappa shape index (κ1) is 24.8. The summed E-state index contributed by atoms with van der Waals surface area (Å²) in [6.07, 6.45) is 7.83. The van der Waals surface area contributed by atoms with Crippen molar-refractivity contribution in [3.05, 3.63) is 121 Å². The number of hydrogen-bond donors (Lipinski definition) is 1. The van der Waals surface area contributed by atoms with Crippen LogP contribution in [-0.4, -0.2) is 46.0 Å². The van der Waals surface area contributed by atoms with Crippen LogP contribution in [0.15, 0.2) is 110 Å². The summed E-state index contributed by atoms with van der Waals surface area (Å²) in [5, 5.41) is 11.5. The van der Waals surface area contributed by atoms with Crippen LogP contribution in [0.2, 0.25) is 0 Å². The first-order chi connectivity index (χ1) is 18.0. The first-order valence-corrected chi connectivity index (χ1v) is 13.1. The number of anilines is 1. The lowest BCUT2D eigenvalue weighted by Crippen LogP contribution is -2.51. The second kappa shape index (κ2) is 11.1. The van der Waals surface area contributed by atoms with Crippen molar-refractivity contribution >= 4 is 17.3 Å². The predicted molar refractivity (Wildman–Crippen MR) is 149 cm³/mol. The first-order valence-electron chi connectivity index (χ1n) is 13.1. The molecule has 5 rings (SSSR count). The molecule has 0 aliphatic carbocycles. The van der Waals surface area contributed by atoms with E-state index in [0.717, 1.165) is 16.9 Å². The molecule has 2 heterocycles. The fraction of sp³-hybridized carbons (Fsp3) is 0.281. The van der Waals surface area contributed by atoms with Crippen LogP contribution in [0.1, 0.15) is 43.2 Å². The number of para-hydroxylation sites is 1. The highest BCUT2D eigenvalue weighted by atomic mass is 16.3. The standard InChI is InChI=1S/C32H35N3O2/c1-26(27-11-5-2-6-12-27)23-31(36)34-19-17-32(37,18-20-34)25-33-21-22-35(29-15-9-4-10-16-29)30(24-33)28-13-7-3-8-14-28/h2-16,21-22,24,26,37H,17-20,23,25H2,1H3/t26-/m1/s1. The van der Waals surface area contributed by atoms with Crippen LogP contribution in [-0.2, 0) is 4.79 Å². The van der Waals surface area contributed by atoms with Crippen LogP contribution >= 0.6 is 0 Å². The number of benzene rings is 3. The largest absolute Gasteiger partial charge is 0.388 e. The Hall–Kier alpha value is -3.83. The van der Waals surface area contributed by atoms with E-state index in [-0.39, 0.29) is 11.8 Å². The maximum atomic E-state index is 13.0. The zero-order chi connectivity index (χ0) is 25.7. The van der Waals surface area contributed by atoms with Gasteiger partial charge in [-0.05, 0) is 42.0 Å². The van der Waals surface area contributed by atoms with Crippen molar-refractivity contribution in [2.24, 2.45) is 0 Å². The molecule has 0 radical (unpaired) electrons. The zero-order valence-electron chi connectivity index (χ0n) is 21.4. The van der Waals surface area contributed by atoms with Gasteiger partial charge < -0.3 is 19.8 Å². The van der Waals surface area contributed by atoms with Crippen LogP contribution in [0.4, 0.5) is 5.69 Å². The molecular formula is C32H35N3O2. The molecule has 0 unspecified atom stereocenters. The van der Waals surface area contributed by atoms with Gasteiger partial charge in [0.05, 0.1) is 17.8 Å². The summed E-state index contributed by atoms with van der Waals surface area (Å²) in [5.41, 5.74) is 3.59. The molecule has 2 aliphatic rings. The highest BCUT2D eigenvalue weighted by Crippen LogP contribution is 2.32. The third-order valence-electron chi connectivity index (χ3n) is 7.43. The molecule has 3 aromatic carbocycles. The van der Waals surface area contributed by atoms with E-state index in [0.29, 0.717) is 38.9 Å².